The molecule has 4 nitrogen and oxygen atoms in total. The zero-order valence-corrected chi connectivity index (χ0v) is 7.21. The molecule has 0 bridgehead atoms. The first-order chi connectivity index (χ1) is 5.49. The van der Waals surface area contributed by atoms with Crippen LogP contribution in [-0.2, 0) is 0 Å². The van der Waals surface area contributed by atoms with E-state index in [1.54, 1.807) is 6.92 Å². The van der Waals surface area contributed by atoms with Gasteiger partial charge in [0.15, 0.2) is 0 Å². The highest BCUT2D eigenvalue weighted by atomic mass is 16.4. The van der Waals surface area contributed by atoms with Crippen molar-refractivity contribution in [2.45, 2.75) is 44.2 Å². The average Bonchev–Trinajstić information content (AvgIpc) is 1.82. The molecule has 1 saturated carbocycles. The highest BCUT2D eigenvalue weighted by Gasteiger charge is 2.30. The molecule has 2 atom stereocenters. The number of hydrogen-bond donors (Lipinski definition) is 3. The van der Waals surface area contributed by atoms with Crippen LogP contribution in [0, 0.1) is 0 Å². The number of carboxylic acid groups (broad SMARTS) is 1. The van der Waals surface area contributed by atoms with Crippen LogP contribution in [0.5, 0.6) is 0 Å². The van der Waals surface area contributed by atoms with E-state index in [4.69, 9.17) is 5.11 Å². The van der Waals surface area contributed by atoms with Gasteiger partial charge >= 0.3 is 6.09 Å². The summed E-state index contributed by atoms with van der Waals surface area (Å²) in [5, 5.41) is 20.5. The summed E-state index contributed by atoms with van der Waals surface area (Å²) < 4.78 is 0. The summed E-state index contributed by atoms with van der Waals surface area (Å²) in [7, 11) is 0. The van der Waals surface area contributed by atoms with E-state index in [-0.39, 0.29) is 6.04 Å². The van der Waals surface area contributed by atoms with Crippen molar-refractivity contribution >= 4 is 6.09 Å². The molecule has 12 heavy (non-hydrogen) atoms. The largest absolute Gasteiger partial charge is 0.465 e. The average molecular weight is 173 g/mol. The fourth-order valence-corrected chi connectivity index (χ4v) is 1.76. The first-order valence-electron chi connectivity index (χ1n) is 4.21. The summed E-state index contributed by atoms with van der Waals surface area (Å²) in [6.45, 7) is 1.75. The van der Waals surface area contributed by atoms with Gasteiger partial charge in [-0.05, 0) is 32.6 Å². The third-order valence-corrected chi connectivity index (χ3v) is 2.28. The van der Waals surface area contributed by atoms with Gasteiger partial charge in [0.25, 0.3) is 0 Å². The van der Waals surface area contributed by atoms with E-state index in [9.17, 15) is 9.90 Å². The first-order valence-corrected chi connectivity index (χ1v) is 4.21. The van der Waals surface area contributed by atoms with Crippen LogP contribution < -0.4 is 5.32 Å². The molecule has 0 aromatic heterocycles. The number of nitrogens with one attached hydrogen (secondary N) is 1. The maximum Gasteiger partial charge on any atom is 0.404 e. The second-order valence-corrected chi connectivity index (χ2v) is 3.74. The van der Waals surface area contributed by atoms with Crippen LogP contribution in [0.3, 0.4) is 0 Å². The number of rotatable bonds is 1. The SMILES string of the molecule is CC1(O)CCCC(NC(=O)O)C1. The van der Waals surface area contributed by atoms with Crippen LogP contribution in [0.1, 0.15) is 32.6 Å². The van der Waals surface area contributed by atoms with Crippen LogP contribution in [-0.4, -0.2) is 27.9 Å². The van der Waals surface area contributed by atoms with Crippen molar-refractivity contribution in [2.75, 3.05) is 0 Å². The Kier molecular flexibility index (Phi) is 2.57. The van der Waals surface area contributed by atoms with Gasteiger partial charge in [0.05, 0.1) is 5.60 Å². The highest BCUT2D eigenvalue weighted by molar-refractivity contribution is 5.64. The molecule has 0 aliphatic heterocycles. The second-order valence-electron chi connectivity index (χ2n) is 3.74. The lowest BCUT2D eigenvalue weighted by Gasteiger charge is -2.33. The quantitative estimate of drug-likeness (QED) is 0.553. The maximum absolute atomic E-state index is 10.3. The molecule has 70 valence electrons. The molecule has 2 unspecified atom stereocenters. The molecule has 0 radical (unpaired) electrons. The predicted octanol–water partition coefficient (Wildman–Crippen LogP) is 0.948. The number of carbonyl (C=O) groups is 1. The van der Waals surface area contributed by atoms with Crippen molar-refractivity contribution in [1.29, 1.82) is 0 Å². The minimum Gasteiger partial charge on any atom is -0.465 e. The summed E-state index contributed by atoms with van der Waals surface area (Å²) in [6.07, 6.45) is 2.02. The fraction of sp³-hybridized carbons (Fsp3) is 0.875. The molecule has 1 fully saturated rings. The second kappa shape index (κ2) is 3.31. The molecular weight excluding hydrogens is 158 g/mol. The Morgan fingerprint density at radius 2 is 2.33 bits per heavy atom. The topological polar surface area (TPSA) is 69.6 Å². The molecule has 1 amide bonds. The predicted molar refractivity (Wildman–Crippen MR) is 44.0 cm³/mol. The fourth-order valence-electron chi connectivity index (χ4n) is 1.76. The van der Waals surface area contributed by atoms with Gasteiger partial charge in [-0.2, -0.15) is 0 Å². The Morgan fingerprint density at radius 3 is 2.83 bits per heavy atom. The third-order valence-electron chi connectivity index (χ3n) is 2.28. The number of aliphatic hydroxyl groups is 1. The van der Waals surface area contributed by atoms with Gasteiger partial charge in [-0.3, -0.25) is 0 Å². The summed E-state index contributed by atoms with van der Waals surface area (Å²) >= 11 is 0. The number of hydrogen-bond acceptors (Lipinski definition) is 2. The van der Waals surface area contributed by atoms with Gasteiger partial charge in [0.1, 0.15) is 0 Å². The van der Waals surface area contributed by atoms with Crippen molar-refractivity contribution in [2.24, 2.45) is 0 Å². The third kappa shape index (κ3) is 2.70. The van der Waals surface area contributed by atoms with E-state index < -0.39 is 11.7 Å². The molecule has 3 N–H and O–H groups in total. The van der Waals surface area contributed by atoms with Crippen molar-refractivity contribution in [3.63, 3.8) is 0 Å². The monoisotopic (exact) mass is 173 g/mol. The zero-order valence-electron chi connectivity index (χ0n) is 7.21. The Morgan fingerprint density at radius 1 is 1.67 bits per heavy atom. The van der Waals surface area contributed by atoms with Crippen LogP contribution in [0.25, 0.3) is 0 Å². The van der Waals surface area contributed by atoms with Gasteiger partial charge in [-0.25, -0.2) is 4.79 Å². The standard InChI is InChI=1S/C8H15NO3/c1-8(12)4-2-3-6(5-8)9-7(10)11/h6,9,12H,2-5H2,1H3,(H,10,11). The van der Waals surface area contributed by atoms with E-state index in [0.29, 0.717) is 6.42 Å². The molecule has 0 spiro atoms. The Hall–Kier alpha value is -0.770. The number of amides is 1. The lowest BCUT2D eigenvalue weighted by Crippen LogP contribution is -2.43. The van der Waals surface area contributed by atoms with Crippen molar-refractivity contribution in [3.05, 3.63) is 0 Å². The maximum atomic E-state index is 10.3. The van der Waals surface area contributed by atoms with Crippen LogP contribution in [0.2, 0.25) is 0 Å². The minimum atomic E-state index is -1.00. The summed E-state index contributed by atoms with van der Waals surface area (Å²) in [5.74, 6) is 0. The highest BCUT2D eigenvalue weighted by Crippen LogP contribution is 2.27. The molecule has 0 heterocycles. The molecule has 1 rings (SSSR count). The molecule has 1 aliphatic carbocycles. The van der Waals surface area contributed by atoms with E-state index in [2.05, 4.69) is 5.32 Å². The normalized spacial score (nSPS) is 36.0. The zero-order chi connectivity index (χ0) is 9.19. The Bertz CT molecular complexity index is 179. The van der Waals surface area contributed by atoms with Gasteiger partial charge in [0.2, 0.25) is 0 Å². The van der Waals surface area contributed by atoms with Crippen molar-refractivity contribution in [3.8, 4) is 0 Å². The Labute approximate surface area is 71.6 Å². The van der Waals surface area contributed by atoms with Crippen molar-refractivity contribution < 1.29 is 15.0 Å². The first kappa shape index (κ1) is 9.32. The molecule has 1 aliphatic rings. The molecule has 0 aromatic carbocycles. The van der Waals surface area contributed by atoms with Gasteiger partial charge in [-0.15, -0.1) is 0 Å². The van der Waals surface area contributed by atoms with E-state index >= 15 is 0 Å². The van der Waals surface area contributed by atoms with E-state index in [1.165, 1.54) is 0 Å². The molecule has 4 heteroatoms. The Balaban J connectivity index is 2.41. The van der Waals surface area contributed by atoms with E-state index in [1.807, 2.05) is 0 Å². The van der Waals surface area contributed by atoms with Gasteiger partial charge < -0.3 is 15.5 Å². The lowest BCUT2D eigenvalue weighted by molar-refractivity contribution is 0.0109. The van der Waals surface area contributed by atoms with Gasteiger partial charge in [-0.1, -0.05) is 0 Å². The molecular formula is C8H15NO3. The summed E-state index contributed by atoms with van der Waals surface area (Å²) in [5.41, 5.74) is -0.689. The van der Waals surface area contributed by atoms with Crippen LogP contribution in [0.4, 0.5) is 4.79 Å². The summed E-state index contributed by atoms with van der Waals surface area (Å²) in [6, 6.07) is -0.0775. The van der Waals surface area contributed by atoms with E-state index in [0.717, 1.165) is 19.3 Å². The van der Waals surface area contributed by atoms with Gasteiger partial charge in [0, 0.05) is 6.04 Å². The molecule has 0 saturated heterocycles. The molecule has 0 aromatic rings. The van der Waals surface area contributed by atoms with Crippen molar-refractivity contribution in [1.82, 2.24) is 5.32 Å². The smallest absolute Gasteiger partial charge is 0.404 e. The van der Waals surface area contributed by atoms with Crippen LogP contribution >= 0.6 is 0 Å². The van der Waals surface area contributed by atoms with Crippen LogP contribution in [0.15, 0.2) is 0 Å². The lowest BCUT2D eigenvalue weighted by atomic mass is 9.83. The minimum absolute atomic E-state index is 0.0775. The summed E-state index contributed by atoms with van der Waals surface area (Å²) in [4.78, 5) is 10.3.